The van der Waals surface area contributed by atoms with E-state index in [4.69, 9.17) is 11.6 Å². The van der Waals surface area contributed by atoms with Crippen LogP contribution in [0.1, 0.15) is 12.0 Å². The first-order chi connectivity index (χ1) is 13.5. The van der Waals surface area contributed by atoms with E-state index in [1.165, 1.54) is 0 Å². The summed E-state index contributed by atoms with van der Waals surface area (Å²) >= 11 is 6.02. The van der Waals surface area contributed by atoms with Crippen molar-refractivity contribution in [2.75, 3.05) is 42.5 Å². The number of aryl methyl sites for hydroxylation is 1. The Morgan fingerprint density at radius 1 is 1.14 bits per heavy atom. The SMILES string of the molecule is Cc1cc(Cl)ccc1N1CC(C(=O)N2CCN(c3ccccn3)CC2)CC1=O. The third kappa shape index (κ3) is 3.69. The number of halogens is 1. The summed E-state index contributed by atoms with van der Waals surface area (Å²) in [5, 5.41) is 0.645. The molecule has 0 aliphatic carbocycles. The maximum atomic E-state index is 13.0. The van der Waals surface area contributed by atoms with Gasteiger partial charge in [0.2, 0.25) is 11.8 Å². The molecule has 2 fully saturated rings. The summed E-state index contributed by atoms with van der Waals surface area (Å²) in [4.78, 5) is 35.7. The van der Waals surface area contributed by atoms with E-state index in [9.17, 15) is 9.59 Å². The molecule has 1 unspecified atom stereocenters. The third-order valence-electron chi connectivity index (χ3n) is 5.49. The molecule has 1 aromatic heterocycles. The molecular weight excluding hydrogens is 376 g/mol. The van der Waals surface area contributed by atoms with Crippen LogP contribution in [0.3, 0.4) is 0 Å². The van der Waals surface area contributed by atoms with Gasteiger partial charge < -0.3 is 14.7 Å². The summed E-state index contributed by atoms with van der Waals surface area (Å²) in [5.74, 6) is 0.720. The number of carbonyl (C=O) groups is 2. The van der Waals surface area contributed by atoms with Gasteiger partial charge in [-0.05, 0) is 42.8 Å². The fourth-order valence-electron chi connectivity index (χ4n) is 3.98. The molecular formula is C21H23ClN4O2. The number of carbonyl (C=O) groups excluding carboxylic acids is 2. The van der Waals surface area contributed by atoms with Gasteiger partial charge in [-0.3, -0.25) is 9.59 Å². The molecule has 1 atom stereocenters. The van der Waals surface area contributed by atoms with E-state index in [0.717, 1.165) is 30.2 Å². The van der Waals surface area contributed by atoms with Crippen molar-refractivity contribution in [1.82, 2.24) is 9.88 Å². The Balaban J connectivity index is 1.39. The van der Waals surface area contributed by atoms with Gasteiger partial charge in [-0.2, -0.15) is 0 Å². The van der Waals surface area contributed by atoms with E-state index in [1.807, 2.05) is 42.2 Å². The Hall–Kier alpha value is -2.60. The molecule has 146 valence electrons. The summed E-state index contributed by atoms with van der Waals surface area (Å²) in [6.07, 6.45) is 2.05. The lowest BCUT2D eigenvalue weighted by Gasteiger charge is -2.36. The van der Waals surface area contributed by atoms with Crippen LogP contribution in [-0.2, 0) is 9.59 Å². The minimum atomic E-state index is -0.288. The highest BCUT2D eigenvalue weighted by molar-refractivity contribution is 6.30. The highest BCUT2D eigenvalue weighted by Gasteiger charge is 2.38. The van der Waals surface area contributed by atoms with E-state index < -0.39 is 0 Å². The predicted molar refractivity (Wildman–Crippen MR) is 110 cm³/mol. The second-order valence-corrected chi connectivity index (χ2v) is 7.77. The molecule has 2 aromatic rings. The Labute approximate surface area is 169 Å². The number of hydrogen-bond donors (Lipinski definition) is 0. The quantitative estimate of drug-likeness (QED) is 0.797. The number of aromatic nitrogens is 1. The normalized spacial score (nSPS) is 20.0. The van der Waals surface area contributed by atoms with E-state index >= 15 is 0 Å². The first-order valence-corrected chi connectivity index (χ1v) is 9.92. The summed E-state index contributed by atoms with van der Waals surface area (Å²) in [7, 11) is 0. The Bertz CT molecular complexity index is 881. The fraction of sp³-hybridized carbons (Fsp3) is 0.381. The molecule has 2 saturated heterocycles. The number of hydrogen-bond acceptors (Lipinski definition) is 4. The molecule has 3 heterocycles. The molecule has 0 radical (unpaired) electrons. The van der Waals surface area contributed by atoms with E-state index in [1.54, 1.807) is 17.2 Å². The minimum Gasteiger partial charge on any atom is -0.353 e. The molecule has 0 bridgehead atoms. The number of anilines is 2. The average molecular weight is 399 g/mol. The molecule has 2 amide bonds. The van der Waals surface area contributed by atoms with Crippen LogP contribution in [0.25, 0.3) is 0 Å². The molecule has 0 saturated carbocycles. The minimum absolute atomic E-state index is 0.00380. The van der Waals surface area contributed by atoms with Crippen LogP contribution in [0.15, 0.2) is 42.6 Å². The van der Waals surface area contributed by atoms with Crippen molar-refractivity contribution >= 4 is 34.9 Å². The van der Waals surface area contributed by atoms with Crippen LogP contribution in [0.4, 0.5) is 11.5 Å². The number of benzene rings is 1. The third-order valence-corrected chi connectivity index (χ3v) is 5.72. The zero-order chi connectivity index (χ0) is 19.7. The first-order valence-electron chi connectivity index (χ1n) is 9.54. The lowest BCUT2D eigenvalue weighted by molar-refractivity contribution is -0.136. The van der Waals surface area contributed by atoms with E-state index in [0.29, 0.717) is 24.7 Å². The fourth-order valence-corrected chi connectivity index (χ4v) is 4.21. The van der Waals surface area contributed by atoms with Crippen molar-refractivity contribution < 1.29 is 9.59 Å². The van der Waals surface area contributed by atoms with Crippen LogP contribution >= 0.6 is 11.6 Å². The standard InChI is InChI=1S/C21H23ClN4O2/c1-15-12-17(22)5-6-18(15)26-14-16(13-20(26)27)21(28)25-10-8-24(9-11-25)19-4-2-3-7-23-19/h2-7,12,16H,8-11,13-14H2,1H3. The van der Waals surface area contributed by atoms with Gasteiger partial charge in [0.25, 0.3) is 0 Å². The monoisotopic (exact) mass is 398 g/mol. The number of nitrogens with zero attached hydrogens (tertiary/aromatic N) is 4. The van der Waals surface area contributed by atoms with Crippen molar-refractivity contribution in [3.63, 3.8) is 0 Å². The maximum absolute atomic E-state index is 13.0. The van der Waals surface area contributed by atoms with Crippen LogP contribution in [0, 0.1) is 12.8 Å². The Kier molecular flexibility index (Phi) is 5.22. The largest absolute Gasteiger partial charge is 0.353 e. The van der Waals surface area contributed by atoms with Gasteiger partial charge in [-0.1, -0.05) is 17.7 Å². The molecule has 1 aromatic carbocycles. The molecule has 0 N–H and O–H groups in total. The lowest BCUT2D eigenvalue weighted by atomic mass is 10.1. The van der Waals surface area contributed by atoms with Crippen molar-refractivity contribution in [1.29, 1.82) is 0 Å². The molecule has 0 spiro atoms. The predicted octanol–water partition coefficient (Wildman–Crippen LogP) is 2.75. The van der Waals surface area contributed by atoms with Crippen molar-refractivity contribution in [3.05, 3.63) is 53.2 Å². The molecule has 6 nitrogen and oxygen atoms in total. The second kappa shape index (κ2) is 7.80. The van der Waals surface area contributed by atoms with Crippen molar-refractivity contribution in [3.8, 4) is 0 Å². The summed E-state index contributed by atoms with van der Waals surface area (Å²) in [6.45, 7) is 5.17. The van der Waals surface area contributed by atoms with Gasteiger partial charge in [0.15, 0.2) is 0 Å². The van der Waals surface area contributed by atoms with Crippen LogP contribution < -0.4 is 9.80 Å². The Morgan fingerprint density at radius 2 is 1.93 bits per heavy atom. The van der Waals surface area contributed by atoms with Crippen LogP contribution in [0.5, 0.6) is 0 Å². The molecule has 4 rings (SSSR count). The van der Waals surface area contributed by atoms with E-state index in [-0.39, 0.29) is 24.2 Å². The molecule has 28 heavy (non-hydrogen) atoms. The summed E-state index contributed by atoms with van der Waals surface area (Å²) in [6, 6.07) is 11.3. The van der Waals surface area contributed by atoms with Crippen LogP contribution in [0.2, 0.25) is 5.02 Å². The van der Waals surface area contributed by atoms with Gasteiger partial charge >= 0.3 is 0 Å². The maximum Gasteiger partial charge on any atom is 0.228 e. The zero-order valence-electron chi connectivity index (χ0n) is 15.8. The lowest BCUT2D eigenvalue weighted by Crippen LogP contribution is -2.51. The number of amides is 2. The molecule has 2 aliphatic rings. The highest BCUT2D eigenvalue weighted by Crippen LogP contribution is 2.30. The van der Waals surface area contributed by atoms with Gasteiger partial charge in [-0.25, -0.2) is 4.98 Å². The van der Waals surface area contributed by atoms with Gasteiger partial charge in [0.05, 0.1) is 5.92 Å². The van der Waals surface area contributed by atoms with Crippen LogP contribution in [-0.4, -0.2) is 54.4 Å². The van der Waals surface area contributed by atoms with Crippen molar-refractivity contribution in [2.24, 2.45) is 5.92 Å². The highest BCUT2D eigenvalue weighted by atomic mass is 35.5. The first kappa shape index (κ1) is 18.7. The van der Waals surface area contributed by atoms with Crippen molar-refractivity contribution in [2.45, 2.75) is 13.3 Å². The Morgan fingerprint density at radius 3 is 2.61 bits per heavy atom. The summed E-state index contributed by atoms with van der Waals surface area (Å²) < 4.78 is 0. The average Bonchev–Trinajstić information content (AvgIpc) is 3.10. The number of pyridine rings is 1. The topological polar surface area (TPSA) is 56.8 Å². The molecule has 2 aliphatic heterocycles. The molecule has 7 heteroatoms. The zero-order valence-corrected chi connectivity index (χ0v) is 16.6. The summed E-state index contributed by atoms with van der Waals surface area (Å²) in [5.41, 5.74) is 1.78. The van der Waals surface area contributed by atoms with Gasteiger partial charge in [0, 0.05) is 56.1 Å². The van der Waals surface area contributed by atoms with E-state index in [2.05, 4.69) is 9.88 Å². The number of piperazine rings is 1. The van der Waals surface area contributed by atoms with Gasteiger partial charge in [0.1, 0.15) is 5.82 Å². The second-order valence-electron chi connectivity index (χ2n) is 7.34. The smallest absolute Gasteiger partial charge is 0.228 e. The van der Waals surface area contributed by atoms with Gasteiger partial charge in [-0.15, -0.1) is 0 Å². The number of rotatable bonds is 3.